The van der Waals surface area contributed by atoms with E-state index in [0.717, 1.165) is 31.1 Å². The van der Waals surface area contributed by atoms with Gasteiger partial charge in [0.25, 0.3) is 0 Å². The Labute approximate surface area is 99.1 Å². The van der Waals surface area contributed by atoms with E-state index in [2.05, 4.69) is 20.0 Å². The molecule has 2 aromatic rings. The van der Waals surface area contributed by atoms with Crippen LogP contribution in [0, 0.1) is 0 Å². The molecule has 0 aliphatic carbocycles. The Morgan fingerprint density at radius 2 is 2.00 bits per heavy atom. The predicted octanol–water partition coefficient (Wildman–Crippen LogP) is 0.200. The van der Waals surface area contributed by atoms with Crippen molar-refractivity contribution in [1.29, 1.82) is 0 Å². The van der Waals surface area contributed by atoms with E-state index in [-0.39, 0.29) is 6.04 Å². The van der Waals surface area contributed by atoms with Crippen LogP contribution in [0.4, 0.5) is 5.82 Å². The number of nitrogens with two attached hydrogens (primary N) is 1. The van der Waals surface area contributed by atoms with Gasteiger partial charge in [0.05, 0.1) is 0 Å². The van der Waals surface area contributed by atoms with Crippen molar-refractivity contribution >= 4 is 5.82 Å². The van der Waals surface area contributed by atoms with E-state index in [9.17, 15) is 0 Å². The third-order valence-electron chi connectivity index (χ3n) is 2.91. The molecule has 0 bridgehead atoms. The maximum absolute atomic E-state index is 5.92. The summed E-state index contributed by atoms with van der Waals surface area (Å²) in [4.78, 5) is 10.9. The van der Waals surface area contributed by atoms with Crippen LogP contribution in [-0.4, -0.2) is 38.9 Å². The smallest absolute Gasteiger partial charge is 0.196 e. The van der Waals surface area contributed by atoms with Crippen LogP contribution in [0.25, 0.3) is 5.82 Å². The van der Waals surface area contributed by atoms with Gasteiger partial charge in [0.2, 0.25) is 0 Å². The van der Waals surface area contributed by atoms with Crippen LogP contribution in [0.5, 0.6) is 0 Å². The summed E-state index contributed by atoms with van der Waals surface area (Å²) in [5.74, 6) is 1.61. The quantitative estimate of drug-likeness (QED) is 0.797. The van der Waals surface area contributed by atoms with Gasteiger partial charge in [-0.25, -0.2) is 14.6 Å². The van der Waals surface area contributed by atoms with Gasteiger partial charge in [-0.3, -0.25) is 0 Å². The first-order valence-electron chi connectivity index (χ1n) is 5.66. The van der Waals surface area contributed by atoms with E-state index in [1.165, 1.54) is 0 Å². The molecule has 17 heavy (non-hydrogen) atoms. The van der Waals surface area contributed by atoms with E-state index >= 15 is 0 Å². The van der Waals surface area contributed by atoms with E-state index in [0.29, 0.717) is 0 Å². The molecule has 88 valence electrons. The molecular weight excluding hydrogens is 216 g/mol. The minimum Gasteiger partial charge on any atom is -0.352 e. The third kappa shape index (κ3) is 1.87. The monoisotopic (exact) mass is 230 g/mol. The maximum Gasteiger partial charge on any atom is 0.196 e. The van der Waals surface area contributed by atoms with Gasteiger partial charge in [0.15, 0.2) is 11.6 Å². The molecule has 3 rings (SSSR count). The molecule has 1 aliphatic rings. The standard InChI is InChI=1S/C11H14N6/c12-9-2-7-16(8-9)10-11(14-5-4-13-10)17-6-1-3-15-17/h1,3-6,9H,2,7-8,12H2. The van der Waals surface area contributed by atoms with Crippen LogP contribution in [0.2, 0.25) is 0 Å². The molecule has 2 N–H and O–H groups in total. The minimum atomic E-state index is 0.225. The summed E-state index contributed by atoms with van der Waals surface area (Å²) in [6.45, 7) is 1.75. The Bertz CT molecular complexity index is 494. The van der Waals surface area contributed by atoms with Crippen molar-refractivity contribution in [2.45, 2.75) is 12.5 Å². The summed E-state index contributed by atoms with van der Waals surface area (Å²) in [5, 5.41) is 4.19. The summed E-state index contributed by atoms with van der Waals surface area (Å²) in [6, 6.07) is 2.09. The first kappa shape index (κ1) is 10.2. The molecule has 0 amide bonds. The van der Waals surface area contributed by atoms with Gasteiger partial charge in [-0.2, -0.15) is 5.10 Å². The molecule has 0 aromatic carbocycles. The fraction of sp³-hybridized carbons (Fsp3) is 0.364. The van der Waals surface area contributed by atoms with Crippen LogP contribution in [0.15, 0.2) is 30.9 Å². The SMILES string of the molecule is NC1CCN(c2nccnc2-n2cccn2)C1. The number of nitrogens with zero attached hydrogens (tertiary/aromatic N) is 5. The van der Waals surface area contributed by atoms with Crippen LogP contribution >= 0.6 is 0 Å². The first-order valence-corrected chi connectivity index (χ1v) is 5.66. The summed E-state index contributed by atoms with van der Waals surface area (Å²) in [6.07, 6.45) is 7.97. The fourth-order valence-corrected chi connectivity index (χ4v) is 2.08. The van der Waals surface area contributed by atoms with E-state index in [4.69, 9.17) is 5.73 Å². The zero-order valence-electron chi connectivity index (χ0n) is 9.40. The van der Waals surface area contributed by atoms with E-state index in [1.54, 1.807) is 23.3 Å². The molecule has 6 nitrogen and oxygen atoms in total. The highest BCUT2D eigenvalue weighted by atomic mass is 15.3. The van der Waals surface area contributed by atoms with Gasteiger partial charge in [0, 0.05) is 43.9 Å². The van der Waals surface area contributed by atoms with E-state index in [1.807, 2.05) is 12.3 Å². The van der Waals surface area contributed by atoms with Crippen LogP contribution in [0.3, 0.4) is 0 Å². The molecule has 3 heterocycles. The number of hydrogen-bond acceptors (Lipinski definition) is 5. The molecule has 0 radical (unpaired) electrons. The van der Waals surface area contributed by atoms with Crippen LogP contribution < -0.4 is 10.6 Å². The van der Waals surface area contributed by atoms with Crippen LogP contribution in [-0.2, 0) is 0 Å². The van der Waals surface area contributed by atoms with Crippen molar-refractivity contribution in [3.63, 3.8) is 0 Å². The lowest BCUT2D eigenvalue weighted by Crippen LogP contribution is -2.28. The Kier molecular flexibility index (Phi) is 2.49. The highest BCUT2D eigenvalue weighted by Gasteiger charge is 2.23. The highest BCUT2D eigenvalue weighted by molar-refractivity contribution is 5.53. The summed E-state index contributed by atoms with van der Waals surface area (Å²) < 4.78 is 1.73. The van der Waals surface area contributed by atoms with Crippen molar-refractivity contribution in [3.8, 4) is 5.82 Å². The van der Waals surface area contributed by atoms with Gasteiger partial charge in [-0.15, -0.1) is 0 Å². The molecule has 1 aliphatic heterocycles. The lowest BCUT2D eigenvalue weighted by molar-refractivity contribution is 0.749. The molecule has 0 saturated carbocycles. The Morgan fingerprint density at radius 3 is 2.65 bits per heavy atom. The summed E-state index contributed by atoms with van der Waals surface area (Å²) in [5.41, 5.74) is 5.92. The second-order valence-corrected chi connectivity index (χ2v) is 4.15. The average Bonchev–Trinajstić information content (AvgIpc) is 3.00. The van der Waals surface area contributed by atoms with Crippen molar-refractivity contribution < 1.29 is 0 Å². The zero-order chi connectivity index (χ0) is 11.7. The lowest BCUT2D eigenvalue weighted by atomic mass is 10.3. The van der Waals surface area contributed by atoms with E-state index < -0.39 is 0 Å². The van der Waals surface area contributed by atoms with Crippen molar-refractivity contribution in [3.05, 3.63) is 30.9 Å². The third-order valence-corrected chi connectivity index (χ3v) is 2.91. The molecule has 6 heteroatoms. The molecule has 1 saturated heterocycles. The molecular formula is C11H14N6. The lowest BCUT2D eigenvalue weighted by Gasteiger charge is -2.18. The van der Waals surface area contributed by atoms with Gasteiger partial charge in [-0.05, 0) is 12.5 Å². The fourth-order valence-electron chi connectivity index (χ4n) is 2.08. The Morgan fingerprint density at radius 1 is 1.18 bits per heavy atom. The predicted molar refractivity (Wildman–Crippen MR) is 64.0 cm³/mol. The maximum atomic E-state index is 5.92. The first-order chi connectivity index (χ1) is 8.34. The normalized spacial score (nSPS) is 19.8. The molecule has 1 atom stereocenters. The molecule has 2 aromatic heterocycles. The molecule has 1 unspecified atom stereocenters. The molecule has 0 spiro atoms. The molecule has 1 fully saturated rings. The van der Waals surface area contributed by atoms with Crippen molar-refractivity contribution in [2.24, 2.45) is 5.73 Å². The zero-order valence-corrected chi connectivity index (χ0v) is 9.40. The second kappa shape index (κ2) is 4.14. The second-order valence-electron chi connectivity index (χ2n) is 4.15. The highest BCUT2D eigenvalue weighted by Crippen LogP contribution is 2.22. The van der Waals surface area contributed by atoms with Crippen LogP contribution in [0.1, 0.15) is 6.42 Å². The number of anilines is 1. The topological polar surface area (TPSA) is 72.9 Å². The number of hydrogen-bond donors (Lipinski definition) is 1. The van der Waals surface area contributed by atoms with Gasteiger partial charge >= 0.3 is 0 Å². The number of aromatic nitrogens is 4. The summed E-state index contributed by atoms with van der Waals surface area (Å²) >= 11 is 0. The summed E-state index contributed by atoms with van der Waals surface area (Å²) in [7, 11) is 0. The Balaban J connectivity index is 1.99. The average molecular weight is 230 g/mol. The number of rotatable bonds is 2. The van der Waals surface area contributed by atoms with Gasteiger partial charge in [-0.1, -0.05) is 0 Å². The van der Waals surface area contributed by atoms with Crippen molar-refractivity contribution in [2.75, 3.05) is 18.0 Å². The Hall–Kier alpha value is -1.95. The van der Waals surface area contributed by atoms with Gasteiger partial charge < -0.3 is 10.6 Å². The largest absolute Gasteiger partial charge is 0.352 e. The van der Waals surface area contributed by atoms with Crippen molar-refractivity contribution in [1.82, 2.24) is 19.7 Å². The minimum absolute atomic E-state index is 0.225. The van der Waals surface area contributed by atoms with Gasteiger partial charge in [0.1, 0.15) is 0 Å².